The molecule has 1 fully saturated rings. The van der Waals surface area contributed by atoms with E-state index in [1.165, 1.54) is 0 Å². The van der Waals surface area contributed by atoms with Crippen LogP contribution in [0.3, 0.4) is 0 Å². The van der Waals surface area contributed by atoms with Gasteiger partial charge in [0.1, 0.15) is 0 Å². The molecule has 90 valence electrons. The first-order valence-electron chi connectivity index (χ1n) is 6.13. The zero-order valence-corrected chi connectivity index (χ0v) is 9.94. The summed E-state index contributed by atoms with van der Waals surface area (Å²) in [6, 6.07) is 8.05. The standard InChI is InChI=1S/C14H17NO2/c1-2-17-10-8-14(16,9-10)12-4-3-5-13-11(12)6-7-15-13/h3-7,10,15-16H,2,8-9H2,1H3. The Hall–Kier alpha value is -1.32. The van der Waals surface area contributed by atoms with E-state index in [2.05, 4.69) is 4.98 Å². The zero-order chi connectivity index (χ0) is 11.9. The van der Waals surface area contributed by atoms with E-state index in [-0.39, 0.29) is 6.10 Å². The van der Waals surface area contributed by atoms with Gasteiger partial charge in [0, 0.05) is 36.5 Å². The van der Waals surface area contributed by atoms with Crippen LogP contribution >= 0.6 is 0 Å². The summed E-state index contributed by atoms with van der Waals surface area (Å²) >= 11 is 0. The van der Waals surface area contributed by atoms with Gasteiger partial charge in [0.2, 0.25) is 0 Å². The van der Waals surface area contributed by atoms with Crippen LogP contribution in [0.5, 0.6) is 0 Å². The number of rotatable bonds is 3. The molecule has 1 heterocycles. The predicted molar refractivity (Wildman–Crippen MR) is 66.8 cm³/mol. The molecule has 0 bridgehead atoms. The third kappa shape index (κ3) is 1.66. The Bertz CT molecular complexity index is 526. The molecule has 1 aromatic heterocycles. The Kier molecular flexibility index (Phi) is 2.45. The molecule has 3 heteroatoms. The lowest BCUT2D eigenvalue weighted by atomic mass is 9.72. The fourth-order valence-electron chi connectivity index (χ4n) is 2.76. The summed E-state index contributed by atoms with van der Waals surface area (Å²) in [5.74, 6) is 0. The van der Waals surface area contributed by atoms with Crippen molar-refractivity contribution in [2.45, 2.75) is 31.5 Å². The molecule has 1 saturated carbocycles. The van der Waals surface area contributed by atoms with E-state index in [0.717, 1.165) is 23.1 Å². The molecule has 0 saturated heterocycles. The maximum absolute atomic E-state index is 10.6. The second kappa shape index (κ2) is 3.86. The van der Waals surface area contributed by atoms with Gasteiger partial charge in [0.15, 0.2) is 0 Å². The number of ether oxygens (including phenoxy) is 1. The van der Waals surface area contributed by atoms with E-state index in [4.69, 9.17) is 4.74 Å². The summed E-state index contributed by atoms with van der Waals surface area (Å²) in [5, 5.41) is 11.7. The van der Waals surface area contributed by atoms with Crippen molar-refractivity contribution >= 4 is 10.9 Å². The van der Waals surface area contributed by atoms with E-state index in [1.54, 1.807) is 0 Å². The van der Waals surface area contributed by atoms with Gasteiger partial charge in [-0.15, -0.1) is 0 Å². The average molecular weight is 231 g/mol. The molecule has 17 heavy (non-hydrogen) atoms. The molecular weight excluding hydrogens is 214 g/mol. The number of fused-ring (bicyclic) bond motifs is 1. The lowest BCUT2D eigenvalue weighted by molar-refractivity contribution is -0.141. The van der Waals surface area contributed by atoms with E-state index >= 15 is 0 Å². The molecule has 0 atom stereocenters. The Morgan fingerprint density at radius 1 is 1.41 bits per heavy atom. The highest BCUT2D eigenvalue weighted by Crippen LogP contribution is 2.45. The molecule has 2 aromatic rings. The number of aromatic nitrogens is 1. The van der Waals surface area contributed by atoms with Crippen molar-refractivity contribution < 1.29 is 9.84 Å². The third-order valence-electron chi connectivity index (χ3n) is 3.63. The van der Waals surface area contributed by atoms with Crippen LogP contribution in [0.2, 0.25) is 0 Å². The maximum atomic E-state index is 10.6. The summed E-state index contributed by atoms with van der Waals surface area (Å²) < 4.78 is 5.52. The van der Waals surface area contributed by atoms with Crippen molar-refractivity contribution in [3.05, 3.63) is 36.0 Å². The van der Waals surface area contributed by atoms with Crippen LogP contribution in [0.25, 0.3) is 10.9 Å². The molecule has 2 N–H and O–H groups in total. The van der Waals surface area contributed by atoms with Crippen molar-refractivity contribution in [2.24, 2.45) is 0 Å². The molecule has 1 aliphatic rings. The molecule has 3 nitrogen and oxygen atoms in total. The lowest BCUT2D eigenvalue weighted by Gasteiger charge is -2.43. The fraction of sp³-hybridized carbons (Fsp3) is 0.429. The zero-order valence-electron chi connectivity index (χ0n) is 9.94. The highest BCUT2D eigenvalue weighted by atomic mass is 16.5. The highest BCUT2D eigenvalue weighted by Gasteiger charge is 2.45. The second-order valence-electron chi connectivity index (χ2n) is 4.76. The molecular formula is C14H17NO2. The number of hydrogen-bond acceptors (Lipinski definition) is 2. The van der Waals surface area contributed by atoms with Gasteiger partial charge in [-0.2, -0.15) is 0 Å². The monoisotopic (exact) mass is 231 g/mol. The number of benzene rings is 1. The van der Waals surface area contributed by atoms with E-state index in [1.807, 2.05) is 37.4 Å². The first-order chi connectivity index (χ1) is 8.23. The SMILES string of the molecule is CCOC1CC(O)(c2cccc3[nH]ccc23)C1. The molecule has 3 rings (SSSR count). The largest absolute Gasteiger partial charge is 0.385 e. The Morgan fingerprint density at radius 3 is 3.00 bits per heavy atom. The van der Waals surface area contributed by atoms with Crippen LogP contribution in [0.1, 0.15) is 25.3 Å². The highest BCUT2D eigenvalue weighted by molar-refractivity contribution is 5.83. The minimum atomic E-state index is -0.707. The molecule has 1 aromatic carbocycles. The molecule has 0 aliphatic heterocycles. The van der Waals surface area contributed by atoms with Gasteiger partial charge in [-0.1, -0.05) is 12.1 Å². The number of hydrogen-bond donors (Lipinski definition) is 2. The summed E-state index contributed by atoms with van der Waals surface area (Å²) in [6.07, 6.45) is 3.52. The number of H-pyrrole nitrogens is 1. The topological polar surface area (TPSA) is 45.2 Å². The van der Waals surface area contributed by atoms with Crippen molar-refractivity contribution in [1.29, 1.82) is 0 Å². The van der Waals surface area contributed by atoms with Gasteiger partial charge in [0.05, 0.1) is 11.7 Å². The lowest BCUT2D eigenvalue weighted by Crippen LogP contribution is -2.46. The van der Waals surface area contributed by atoms with Crippen molar-refractivity contribution in [3.8, 4) is 0 Å². The number of aliphatic hydroxyl groups is 1. The third-order valence-corrected chi connectivity index (χ3v) is 3.63. The smallest absolute Gasteiger partial charge is 0.0952 e. The van der Waals surface area contributed by atoms with Gasteiger partial charge < -0.3 is 14.8 Å². The Morgan fingerprint density at radius 2 is 2.24 bits per heavy atom. The molecule has 0 unspecified atom stereocenters. The van der Waals surface area contributed by atoms with Crippen LogP contribution in [-0.2, 0) is 10.3 Å². The minimum absolute atomic E-state index is 0.208. The normalized spacial score (nSPS) is 28.2. The quantitative estimate of drug-likeness (QED) is 0.852. The summed E-state index contributed by atoms with van der Waals surface area (Å²) in [4.78, 5) is 3.17. The van der Waals surface area contributed by atoms with E-state index in [0.29, 0.717) is 12.8 Å². The Labute approximate surface area is 100 Å². The van der Waals surface area contributed by atoms with Crippen molar-refractivity contribution in [3.63, 3.8) is 0 Å². The Balaban J connectivity index is 1.92. The van der Waals surface area contributed by atoms with Gasteiger partial charge in [-0.05, 0) is 24.6 Å². The van der Waals surface area contributed by atoms with Gasteiger partial charge >= 0.3 is 0 Å². The summed E-state index contributed by atoms with van der Waals surface area (Å²) in [6.45, 7) is 2.71. The van der Waals surface area contributed by atoms with Crippen LogP contribution in [0, 0.1) is 0 Å². The van der Waals surface area contributed by atoms with Crippen LogP contribution in [-0.4, -0.2) is 22.8 Å². The van der Waals surface area contributed by atoms with Gasteiger partial charge in [0.25, 0.3) is 0 Å². The minimum Gasteiger partial charge on any atom is -0.385 e. The van der Waals surface area contributed by atoms with E-state index < -0.39 is 5.60 Å². The molecule has 1 aliphatic carbocycles. The van der Waals surface area contributed by atoms with Crippen LogP contribution in [0.15, 0.2) is 30.5 Å². The first-order valence-corrected chi connectivity index (χ1v) is 6.13. The summed E-state index contributed by atoms with van der Waals surface area (Å²) in [7, 11) is 0. The van der Waals surface area contributed by atoms with Crippen LogP contribution in [0.4, 0.5) is 0 Å². The van der Waals surface area contributed by atoms with Gasteiger partial charge in [-0.25, -0.2) is 0 Å². The van der Waals surface area contributed by atoms with E-state index in [9.17, 15) is 5.11 Å². The van der Waals surface area contributed by atoms with Crippen molar-refractivity contribution in [1.82, 2.24) is 4.98 Å². The molecule has 0 radical (unpaired) electrons. The predicted octanol–water partition coefficient (Wildman–Crippen LogP) is 2.55. The second-order valence-corrected chi connectivity index (χ2v) is 4.76. The fourth-order valence-corrected chi connectivity index (χ4v) is 2.76. The molecule has 0 amide bonds. The summed E-state index contributed by atoms with van der Waals surface area (Å²) in [5.41, 5.74) is 1.39. The maximum Gasteiger partial charge on any atom is 0.0952 e. The van der Waals surface area contributed by atoms with Crippen molar-refractivity contribution in [2.75, 3.05) is 6.61 Å². The molecule has 0 spiro atoms. The first kappa shape index (κ1) is 10.8. The van der Waals surface area contributed by atoms with Gasteiger partial charge in [-0.3, -0.25) is 0 Å². The van der Waals surface area contributed by atoms with Crippen LogP contribution < -0.4 is 0 Å². The number of aromatic amines is 1. The average Bonchev–Trinajstić information content (AvgIpc) is 2.74. The number of nitrogens with one attached hydrogen (secondary N) is 1.